The Morgan fingerprint density at radius 2 is 2.00 bits per heavy atom. The molecule has 1 aromatic rings. The number of rotatable bonds is 6. The third kappa shape index (κ3) is 4.90. The van der Waals surface area contributed by atoms with Crippen LogP contribution in [0.2, 0.25) is 5.02 Å². The van der Waals surface area contributed by atoms with Gasteiger partial charge in [-0.1, -0.05) is 25.4 Å². The topological polar surface area (TPSA) is 122 Å². The molecule has 1 amide bonds. The molecule has 25 heavy (non-hydrogen) atoms. The van der Waals surface area contributed by atoms with Crippen molar-refractivity contribution in [2.75, 3.05) is 0 Å². The summed E-state index contributed by atoms with van der Waals surface area (Å²) in [6, 6.07) is 5.30. The molecule has 1 aromatic carbocycles. The fourth-order valence-electron chi connectivity index (χ4n) is 1.72. The summed E-state index contributed by atoms with van der Waals surface area (Å²) in [5.74, 6) is -1.69. The second kappa shape index (κ2) is 7.94. The number of nitriles is 1. The van der Waals surface area contributed by atoms with Gasteiger partial charge in [0.25, 0.3) is 11.6 Å². The first-order valence-corrected chi connectivity index (χ1v) is 7.77. The molecule has 0 heterocycles. The molecule has 0 unspecified atom stereocenters. The van der Waals surface area contributed by atoms with Gasteiger partial charge < -0.3 is 10.1 Å². The fourth-order valence-corrected chi connectivity index (χ4v) is 1.97. The summed E-state index contributed by atoms with van der Waals surface area (Å²) >= 11 is 5.85. The number of hydrogen-bond acceptors (Lipinski definition) is 6. The van der Waals surface area contributed by atoms with Gasteiger partial charge in [0.2, 0.25) is 0 Å². The standard InChI is InChI=1S/C16H18ClN3O5/c1-9(2)16(4,8-18)19-14(21)10(3)25-15(22)12-6-5-11(20(23)24)7-13(12)17/h5-7,9-10H,1-4H3,(H,19,21)/t10-,16+/m0/s1. The largest absolute Gasteiger partial charge is 0.449 e. The number of non-ortho nitro benzene ring substituents is 1. The molecule has 0 aliphatic heterocycles. The Morgan fingerprint density at radius 3 is 2.44 bits per heavy atom. The first kappa shape index (κ1) is 20.4. The molecule has 0 fully saturated rings. The van der Waals surface area contributed by atoms with E-state index in [4.69, 9.17) is 16.3 Å². The Balaban J connectivity index is 2.85. The quantitative estimate of drug-likeness (QED) is 0.468. The van der Waals surface area contributed by atoms with Crippen LogP contribution in [0.4, 0.5) is 5.69 Å². The van der Waals surface area contributed by atoms with Crippen molar-refractivity contribution in [3.05, 3.63) is 38.9 Å². The van der Waals surface area contributed by atoms with Crippen LogP contribution in [0.15, 0.2) is 18.2 Å². The van der Waals surface area contributed by atoms with E-state index in [-0.39, 0.29) is 22.2 Å². The highest BCUT2D eigenvalue weighted by molar-refractivity contribution is 6.33. The van der Waals surface area contributed by atoms with Crippen LogP contribution in [-0.4, -0.2) is 28.4 Å². The van der Waals surface area contributed by atoms with Gasteiger partial charge in [0.1, 0.15) is 5.54 Å². The summed E-state index contributed by atoms with van der Waals surface area (Å²) in [5, 5.41) is 22.3. The summed E-state index contributed by atoms with van der Waals surface area (Å²) in [5.41, 5.74) is -1.48. The molecule has 1 rings (SSSR count). The zero-order valence-electron chi connectivity index (χ0n) is 14.2. The van der Waals surface area contributed by atoms with Gasteiger partial charge in [-0.15, -0.1) is 0 Å². The highest BCUT2D eigenvalue weighted by Gasteiger charge is 2.33. The SMILES string of the molecule is CC(C)[C@@](C)(C#N)NC(=O)[C@H](C)OC(=O)c1ccc([N+](=O)[O-])cc1Cl. The summed E-state index contributed by atoms with van der Waals surface area (Å²) in [6.45, 7) is 6.47. The maximum absolute atomic E-state index is 12.2. The lowest BCUT2D eigenvalue weighted by atomic mass is 9.90. The molecule has 0 aromatic heterocycles. The molecule has 8 nitrogen and oxygen atoms in total. The van der Waals surface area contributed by atoms with Crippen LogP contribution in [0, 0.1) is 27.4 Å². The predicted octanol–water partition coefficient (Wildman–Crippen LogP) is 2.85. The van der Waals surface area contributed by atoms with Gasteiger partial charge in [-0.05, 0) is 25.8 Å². The van der Waals surface area contributed by atoms with Gasteiger partial charge in [-0.3, -0.25) is 14.9 Å². The summed E-state index contributed by atoms with van der Waals surface area (Å²) < 4.78 is 5.03. The maximum atomic E-state index is 12.2. The Labute approximate surface area is 149 Å². The molecule has 0 saturated heterocycles. The molecule has 134 valence electrons. The van der Waals surface area contributed by atoms with Crippen LogP contribution in [-0.2, 0) is 9.53 Å². The number of carbonyl (C=O) groups is 2. The summed E-state index contributed by atoms with van der Waals surface area (Å²) in [7, 11) is 0. The normalized spacial score (nSPS) is 14.1. The van der Waals surface area contributed by atoms with Crippen LogP contribution >= 0.6 is 11.6 Å². The second-order valence-corrected chi connectivity index (χ2v) is 6.33. The smallest absolute Gasteiger partial charge is 0.340 e. The minimum Gasteiger partial charge on any atom is -0.449 e. The van der Waals surface area contributed by atoms with Crippen LogP contribution in [0.25, 0.3) is 0 Å². The van der Waals surface area contributed by atoms with Gasteiger partial charge in [-0.25, -0.2) is 4.79 Å². The van der Waals surface area contributed by atoms with Crippen molar-refractivity contribution in [1.29, 1.82) is 5.26 Å². The van der Waals surface area contributed by atoms with E-state index in [1.54, 1.807) is 20.8 Å². The van der Waals surface area contributed by atoms with E-state index < -0.39 is 28.4 Å². The predicted molar refractivity (Wildman–Crippen MR) is 90.0 cm³/mol. The van der Waals surface area contributed by atoms with Gasteiger partial charge in [0.15, 0.2) is 6.10 Å². The van der Waals surface area contributed by atoms with Crippen LogP contribution < -0.4 is 5.32 Å². The maximum Gasteiger partial charge on any atom is 0.340 e. The monoisotopic (exact) mass is 367 g/mol. The van der Waals surface area contributed by atoms with Crippen LogP contribution in [0.5, 0.6) is 0 Å². The van der Waals surface area contributed by atoms with Crippen LogP contribution in [0.1, 0.15) is 38.1 Å². The Hall–Kier alpha value is -2.66. The summed E-state index contributed by atoms with van der Waals surface area (Å²) in [4.78, 5) is 34.3. The van der Waals surface area contributed by atoms with E-state index in [1.165, 1.54) is 6.92 Å². The number of nitro groups is 1. The zero-order valence-corrected chi connectivity index (χ0v) is 15.0. The van der Waals surface area contributed by atoms with E-state index in [9.17, 15) is 25.0 Å². The number of benzene rings is 1. The molecular formula is C16H18ClN3O5. The number of nitrogens with zero attached hydrogens (tertiary/aromatic N) is 2. The first-order valence-electron chi connectivity index (χ1n) is 7.40. The molecule has 0 saturated carbocycles. The van der Waals surface area contributed by atoms with Crippen molar-refractivity contribution in [2.24, 2.45) is 5.92 Å². The molecule has 0 bridgehead atoms. The number of carbonyl (C=O) groups excluding carboxylic acids is 2. The minimum atomic E-state index is -1.18. The number of nitrogens with one attached hydrogen (secondary N) is 1. The van der Waals surface area contributed by atoms with Crippen molar-refractivity contribution in [3.8, 4) is 6.07 Å². The van der Waals surface area contributed by atoms with Gasteiger partial charge in [-0.2, -0.15) is 5.26 Å². The number of amides is 1. The lowest BCUT2D eigenvalue weighted by molar-refractivity contribution is -0.384. The lowest BCUT2D eigenvalue weighted by Gasteiger charge is -2.28. The number of nitro benzene ring substituents is 1. The van der Waals surface area contributed by atoms with E-state index in [2.05, 4.69) is 5.32 Å². The van der Waals surface area contributed by atoms with Crippen molar-refractivity contribution in [3.63, 3.8) is 0 Å². The summed E-state index contributed by atoms with van der Waals surface area (Å²) in [6.07, 6.45) is -1.18. The molecule has 0 spiro atoms. The Bertz CT molecular complexity index is 744. The number of esters is 1. The van der Waals surface area contributed by atoms with Crippen molar-refractivity contribution >= 4 is 29.2 Å². The molecule has 0 radical (unpaired) electrons. The number of halogens is 1. The highest BCUT2D eigenvalue weighted by atomic mass is 35.5. The molecule has 9 heteroatoms. The van der Waals surface area contributed by atoms with Crippen molar-refractivity contribution < 1.29 is 19.2 Å². The zero-order chi connectivity index (χ0) is 19.4. The molecule has 1 N–H and O–H groups in total. The van der Waals surface area contributed by atoms with Gasteiger partial charge in [0.05, 0.1) is 21.6 Å². The average Bonchev–Trinajstić information content (AvgIpc) is 2.53. The van der Waals surface area contributed by atoms with E-state index in [0.717, 1.165) is 18.2 Å². The highest BCUT2D eigenvalue weighted by Crippen LogP contribution is 2.23. The second-order valence-electron chi connectivity index (χ2n) is 5.93. The minimum absolute atomic E-state index is 0.0983. The molecular weight excluding hydrogens is 350 g/mol. The first-order chi connectivity index (χ1) is 11.5. The van der Waals surface area contributed by atoms with Gasteiger partial charge >= 0.3 is 5.97 Å². The number of hydrogen-bond donors (Lipinski definition) is 1. The van der Waals surface area contributed by atoms with Crippen molar-refractivity contribution in [2.45, 2.75) is 39.3 Å². The molecule has 0 aliphatic rings. The third-order valence-electron chi connectivity index (χ3n) is 3.81. The average molecular weight is 368 g/mol. The molecule has 2 atom stereocenters. The Morgan fingerprint density at radius 1 is 1.40 bits per heavy atom. The fraction of sp³-hybridized carbons (Fsp3) is 0.438. The van der Waals surface area contributed by atoms with Gasteiger partial charge in [0, 0.05) is 12.1 Å². The van der Waals surface area contributed by atoms with E-state index in [0.29, 0.717) is 0 Å². The molecule has 0 aliphatic carbocycles. The van der Waals surface area contributed by atoms with E-state index in [1.807, 2.05) is 6.07 Å². The van der Waals surface area contributed by atoms with E-state index >= 15 is 0 Å². The third-order valence-corrected chi connectivity index (χ3v) is 4.12. The lowest BCUT2D eigenvalue weighted by Crippen LogP contribution is -2.52. The van der Waals surface area contributed by atoms with Crippen molar-refractivity contribution in [1.82, 2.24) is 5.32 Å². The van der Waals surface area contributed by atoms with Crippen LogP contribution in [0.3, 0.4) is 0 Å². The Kier molecular flexibility index (Phi) is 6.48. The number of ether oxygens (including phenoxy) is 1.